The molecule has 146 valence electrons. The molecule has 0 atom stereocenters. The van der Waals surface area contributed by atoms with Crippen molar-refractivity contribution >= 4 is 23.2 Å². The van der Waals surface area contributed by atoms with Gasteiger partial charge in [-0.3, -0.25) is 9.59 Å². The number of rotatable bonds is 3. The van der Waals surface area contributed by atoms with E-state index in [1.807, 2.05) is 35.2 Å². The van der Waals surface area contributed by atoms with Crippen LogP contribution in [-0.4, -0.2) is 36.9 Å². The lowest BCUT2D eigenvalue weighted by Crippen LogP contribution is -2.34. The molecule has 0 saturated heterocycles. The smallest absolute Gasteiger partial charge is 0.255 e. The lowest BCUT2D eigenvalue weighted by atomic mass is 10.1. The maximum absolute atomic E-state index is 13.0. The van der Waals surface area contributed by atoms with Gasteiger partial charge in [0.25, 0.3) is 11.8 Å². The molecule has 0 bridgehead atoms. The van der Waals surface area contributed by atoms with Gasteiger partial charge in [-0.15, -0.1) is 0 Å². The minimum absolute atomic E-state index is 0.00367. The second-order valence-electron chi connectivity index (χ2n) is 7.17. The molecule has 1 aliphatic heterocycles. The van der Waals surface area contributed by atoms with Crippen LogP contribution in [0.25, 0.3) is 0 Å². The van der Waals surface area contributed by atoms with Crippen LogP contribution < -0.4 is 10.2 Å². The molecule has 3 aromatic rings. The van der Waals surface area contributed by atoms with Gasteiger partial charge in [-0.25, -0.2) is 0 Å². The van der Waals surface area contributed by atoms with Gasteiger partial charge in [-0.05, 0) is 48.0 Å². The lowest BCUT2D eigenvalue weighted by molar-refractivity contribution is 0.0751. The van der Waals surface area contributed by atoms with Crippen LogP contribution >= 0.6 is 0 Å². The average molecular weight is 385 g/mol. The summed E-state index contributed by atoms with van der Waals surface area (Å²) in [5, 5.41) is 2.86. The van der Waals surface area contributed by atoms with Gasteiger partial charge in [0.2, 0.25) is 0 Å². The van der Waals surface area contributed by atoms with Crippen LogP contribution in [0.3, 0.4) is 0 Å². The number of anilines is 2. The SMILES string of the molecule is CN1CCN(C(=O)c2ccc(NC(=O)c3ccccc3)cc2)Cc2ccccc21. The summed E-state index contributed by atoms with van der Waals surface area (Å²) < 4.78 is 0. The van der Waals surface area contributed by atoms with Crippen LogP contribution in [-0.2, 0) is 6.54 Å². The highest BCUT2D eigenvalue weighted by Gasteiger charge is 2.22. The van der Waals surface area contributed by atoms with E-state index in [2.05, 4.69) is 29.4 Å². The van der Waals surface area contributed by atoms with Crippen LogP contribution in [0, 0.1) is 0 Å². The zero-order chi connectivity index (χ0) is 20.2. The van der Waals surface area contributed by atoms with E-state index >= 15 is 0 Å². The van der Waals surface area contributed by atoms with Gasteiger partial charge in [0, 0.05) is 49.2 Å². The minimum atomic E-state index is -0.170. The zero-order valence-electron chi connectivity index (χ0n) is 16.3. The number of nitrogens with one attached hydrogen (secondary N) is 1. The third kappa shape index (κ3) is 4.14. The number of nitrogens with zero attached hydrogens (tertiary/aromatic N) is 2. The van der Waals surface area contributed by atoms with Crippen LogP contribution in [0.15, 0.2) is 78.9 Å². The molecule has 0 radical (unpaired) electrons. The number of benzene rings is 3. The zero-order valence-corrected chi connectivity index (χ0v) is 16.3. The van der Waals surface area contributed by atoms with Crippen molar-refractivity contribution < 1.29 is 9.59 Å². The third-order valence-electron chi connectivity index (χ3n) is 5.18. The maximum Gasteiger partial charge on any atom is 0.255 e. The maximum atomic E-state index is 13.0. The molecule has 1 N–H and O–H groups in total. The molecule has 0 saturated carbocycles. The normalized spacial score (nSPS) is 13.4. The Balaban J connectivity index is 1.46. The van der Waals surface area contributed by atoms with Crippen molar-refractivity contribution in [3.63, 3.8) is 0 Å². The van der Waals surface area contributed by atoms with E-state index in [1.54, 1.807) is 36.4 Å². The minimum Gasteiger partial charge on any atom is -0.373 e. The molecule has 5 nitrogen and oxygen atoms in total. The molecule has 2 amide bonds. The molecule has 29 heavy (non-hydrogen) atoms. The Labute approximate surface area is 170 Å². The second-order valence-corrected chi connectivity index (χ2v) is 7.17. The van der Waals surface area contributed by atoms with Crippen LogP contribution in [0.4, 0.5) is 11.4 Å². The molecular formula is C24H23N3O2. The molecule has 3 aromatic carbocycles. The Bertz CT molecular complexity index is 1020. The number of hydrogen-bond donors (Lipinski definition) is 1. The van der Waals surface area contributed by atoms with E-state index in [-0.39, 0.29) is 11.8 Å². The summed E-state index contributed by atoms with van der Waals surface area (Å²) in [5.74, 6) is -0.173. The summed E-state index contributed by atoms with van der Waals surface area (Å²) in [5.41, 5.74) is 4.19. The molecule has 0 fully saturated rings. The summed E-state index contributed by atoms with van der Waals surface area (Å²) in [4.78, 5) is 29.4. The monoisotopic (exact) mass is 385 g/mol. The van der Waals surface area contributed by atoms with Gasteiger partial charge in [0.15, 0.2) is 0 Å². The van der Waals surface area contributed by atoms with Gasteiger partial charge in [0.05, 0.1) is 0 Å². The molecule has 0 aromatic heterocycles. The van der Waals surface area contributed by atoms with Crippen LogP contribution in [0.1, 0.15) is 26.3 Å². The van der Waals surface area contributed by atoms with E-state index in [0.717, 1.165) is 12.1 Å². The fourth-order valence-corrected chi connectivity index (χ4v) is 3.54. The molecule has 0 spiro atoms. The summed E-state index contributed by atoms with van der Waals surface area (Å²) in [6.45, 7) is 2.04. The summed E-state index contributed by atoms with van der Waals surface area (Å²) in [7, 11) is 2.05. The largest absolute Gasteiger partial charge is 0.373 e. The summed E-state index contributed by atoms with van der Waals surface area (Å²) >= 11 is 0. The summed E-state index contributed by atoms with van der Waals surface area (Å²) in [6, 6.07) is 24.3. The fourth-order valence-electron chi connectivity index (χ4n) is 3.54. The first-order chi connectivity index (χ1) is 14.1. The molecule has 1 heterocycles. The number of carbonyl (C=O) groups excluding carboxylic acids is 2. The number of fused-ring (bicyclic) bond motifs is 1. The second kappa shape index (κ2) is 8.19. The number of carbonyl (C=O) groups is 2. The van der Waals surface area contributed by atoms with Crippen molar-refractivity contribution in [3.05, 3.63) is 95.6 Å². The Morgan fingerprint density at radius 1 is 0.793 bits per heavy atom. The van der Waals surface area contributed by atoms with E-state index in [1.165, 1.54) is 5.69 Å². The highest BCUT2D eigenvalue weighted by molar-refractivity contribution is 6.04. The molecule has 0 unspecified atom stereocenters. The highest BCUT2D eigenvalue weighted by atomic mass is 16.2. The fraction of sp³-hybridized carbons (Fsp3) is 0.167. The Hall–Kier alpha value is -3.60. The topological polar surface area (TPSA) is 52.6 Å². The predicted octanol–water partition coefficient (Wildman–Crippen LogP) is 4.03. The van der Waals surface area contributed by atoms with Crippen LogP contribution in [0.2, 0.25) is 0 Å². The summed E-state index contributed by atoms with van der Waals surface area (Å²) in [6.07, 6.45) is 0. The average Bonchev–Trinajstić information content (AvgIpc) is 2.93. The molecular weight excluding hydrogens is 362 g/mol. The van der Waals surface area contributed by atoms with Crippen molar-refractivity contribution in [3.8, 4) is 0 Å². The van der Waals surface area contributed by atoms with E-state index in [9.17, 15) is 9.59 Å². The van der Waals surface area contributed by atoms with Crippen molar-refractivity contribution in [1.82, 2.24) is 4.90 Å². The molecule has 0 aliphatic carbocycles. The highest BCUT2D eigenvalue weighted by Crippen LogP contribution is 2.24. The number of hydrogen-bond acceptors (Lipinski definition) is 3. The molecule has 1 aliphatic rings. The Morgan fingerprint density at radius 2 is 1.48 bits per heavy atom. The van der Waals surface area contributed by atoms with E-state index < -0.39 is 0 Å². The first-order valence-electron chi connectivity index (χ1n) is 9.66. The van der Waals surface area contributed by atoms with E-state index in [0.29, 0.717) is 29.9 Å². The van der Waals surface area contributed by atoms with Gasteiger partial charge < -0.3 is 15.1 Å². The van der Waals surface area contributed by atoms with Crippen molar-refractivity contribution in [1.29, 1.82) is 0 Å². The Morgan fingerprint density at radius 3 is 2.24 bits per heavy atom. The van der Waals surface area contributed by atoms with Gasteiger partial charge in [-0.2, -0.15) is 0 Å². The first-order valence-corrected chi connectivity index (χ1v) is 9.66. The van der Waals surface area contributed by atoms with E-state index in [4.69, 9.17) is 0 Å². The predicted molar refractivity (Wildman–Crippen MR) is 115 cm³/mol. The van der Waals surface area contributed by atoms with Gasteiger partial charge in [-0.1, -0.05) is 36.4 Å². The van der Waals surface area contributed by atoms with Crippen molar-refractivity contribution in [2.45, 2.75) is 6.54 Å². The molecule has 4 rings (SSSR count). The van der Waals surface area contributed by atoms with Crippen LogP contribution in [0.5, 0.6) is 0 Å². The quantitative estimate of drug-likeness (QED) is 0.741. The van der Waals surface area contributed by atoms with Crippen molar-refractivity contribution in [2.24, 2.45) is 0 Å². The first kappa shape index (κ1) is 18.7. The van der Waals surface area contributed by atoms with Gasteiger partial charge >= 0.3 is 0 Å². The standard InChI is InChI=1S/C24H23N3O2/c1-26-15-16-27(17-20-9-5-6-10-22(20)26)24(29)19-11-13-21(14-12-19)25-23(28)18-7-3-2-4-8-18/h2-14H,15-17H2,1H3,(H,25,28). The lowest BCUT2D eigenvalue weighted by Gasteiger charge is -2.21. The van der Waals surface area contributed by atoms with Crippen molar-refractivity contribution in [2.75, 3.05) is 30.4 Å². The number of amides is 2. The Kier molecular flexibility index (Phi) is 5.29. The number of para-hydroxylation sites is 1. The molecule has 5 heteroatoms. The third-order valence-corrected chi connectivity index (χ3v) is 5.18. The number of likely N-dealkylation sites (N-methyl/N-ethyl adjacent to an activating group) is 1. The van der Waals surface area contributed by atoms with Gasteiger partial charge in [0.1, 0.15) is 0 Å².